The number of nitrogens with zero attached hydrogens (tertiary/aromatic N) is 2. The molecule has 0 radical (unpaired) electrons. The van der Waals surface area contributed by atoms with Crippen LogP contribution in [0.15, 0.2) is 0 Å². The van der Waals surface area contributed by atoms with Gasteiger partial charge in [-0.25, -0.2) is 0 Å². The molecule has 2 aliphatic heterocycles. The van der Waals surface area contributed by atoms with Gasteiger partial charge in [0.25, 0.3) is 10.2 Å². The third-order valence-corrected chi connectivity index (χ3v) is 10.5. The van der Waals surface area contributed by atoms with Gasteiger partial charge in [-0.2, -0.15) is 17.0 Å². The molecule has 4 rings (SSSR count). The maximum Gasteiger partial charge on any atom is 0.282 e. The number of carbonyl (C=O) groups is 2. The molecule has 200 valence electrons. The molecule has 8 nitrogen and oxygen atoms in total. The fraction of sp³-hybridized carbons (Fsp3) is 0.923. The zero-order valence-corrected chi connectivity index (χ0v) is 22.2. The van der Waals surface area contributed by atoms with Crippen LogP contribution in [0.25, 0.3) is 0 Å². The minimum absolute atomic E-state index is 0.0103. The van der Waals surface area contributed by atoms with E-state index in [1.807, 2.05) is 0 Å². The standard InChI is InChI=1S/C26H46N4O4S/c31-25(27-23-13-5-1-2-6-14-23)21-11-9-17-29(19-21)35(33,34)30-18-10-12-22(20-30)26(32)28-24-15-7-3-4-8-16-24/h21-24H,1-20H2,(H,27,31)(H,28,32). The number of piperidine rings is 2. The number of nitrogens with one attached hydrogen (secondary N) is 2. The Morgan fingerprint density at radius 1 is 0.543 bits per heavy atom. The molecule has 0 aromatic heterocycles. The van der Waals surface area contributed by atoms with Crippen LogP contribution in [0.3, 0.4) is 0 Å². The summed E-state index contributed by atoms with van der Waals surface area (Å²) in [7, 11) is -3.69. The van der Waals surface area contributed by atoms with Gasteiger partial charge in [0.2, 0.25) is 11.8 Å². The SMILES string of the molecule is O=C(NC1CCCCCC1)C1CCCN(S(=O)(=O)N2CCCC(C(=O)NC3CCCCCC3)C2)C1. The quantitative estimate of drug-likeness (QED) is 0.536. The van der Waals surface area contributed by atoms with Gasteiger partial charge in [0.05, 0.1) is 11.8 Å². The minimum atomic E-state index is -3.69. The molecule has 2 unspecified atom stereocenters. The van der Waals surface area contributed by atoms with E-state index in [0.717, 1.165) is 64.2 Å². The summed E-state index contributed by atoms with van der Waals surface area (Å²) in [6, 6.07) is 0.457. The topological polar surface area (TPSA) is 98.8 Å². The highest BCUT2D eigenvalue weighted by molar-refractivity contribution is 7.86. The summed E-state index contributed by atoms with van der Waals surface area (Å²) in [6.07, 6.45) is 16.5. The zero-order chi connectivity index (χ0) is 24.7. The van der Waals surface area contributed by atoms with Gasteiger partial charge in [-0.05, 0) is 51.4 Å². The smallest absolute Gasteiger partial charge is 0.282 e. The Bertz CT molecular complexity index is 744. The summed E-state index contributed by atoms with van der Waals surface area (Å²) in [5.74, 6) is -0.561. The first-order chi connectivity index (χ1) is 16.9. The van der Waals surface area contributed by atoms with Crippen LogP contribution in [-0.2, 0) is 19.8 Å². The van der Waals surface area contributed by atoms with Gasteiger partial charge >= 0.3 is 0 Å². The second kappa shape index (κ2) is 12.9. The Kier molecular flexibility index (Phi) is 9.87. The molecule has 35 heavy (non-hydrogen) atoms. The van der Waals surface area contributed by atoms with E-state index < -0.39 is 10.2 Å². The van der Waals surface area contributed by atoms with Crippen LogP contribution in [0.1, 0.15) is 103 Å². The van der Waals surface area contributed by atoms with Crippen molar-refractivity contribution in [3.63, 3.8) is 0 Å². The van der Waals surface area contributed by atoms with Crippen molar-refractivity contribution in [3.05, 3.63) is 0 Å². The summed E-state index contributed by atoms with van der Waals surface area (Å²) >= 11 is 0. The van der Waals surface area contributed by atoms with E-state index in [9.17, 15) is 18.0 Å². The van der Waals surface area contributed by atoms with E-state index in [0.29, 0.717) is 25.9 Å². The first-order valence-electron chi connectivity index (χ1n) is 14.3. The van der Waals surface area contributed by atoms with E-state index in [4.69, 9.17) is 0 Å². The summed E-state index contributed by atoms with van der Waals surface area (Å²) in [5, 5.41) is 6.44. The van der Waals surface area contributed by atoms with E-state index in [1.165, 1.54) is 34.3 Å². The lowest BCUT2D eigenvalue weighted by Crippen LogP contribution is -2.54. The average Bonchev–Trinajstić information content (AvgIpc) is 3.29. The first-order valence-corrected chi connectivity index (χ1v) is 15.7. The highest BCUT2D eigenvalue weighted by Crippen LogP contribution is 2.27. The lowest BCUT2D eigenvalue weighted by Gasteiger charge is -2.38. The molecular weight excluding hydrogens is 464 g/mol. The monoisotopic (exact) mass is 510 g/mol. The van der Waals surface area contributed by atoms with Crippen molar-refractivity contribution in [1.82, 2.24) is 19.2 Å². The van der Waals surface area contributed by atoms with Crippen LogP contribution in [0.2, 0.25) is 0 Å². The van der Waals surface area contributed by atoms with E-state index in [-0.39, 0.29) is 48.8 Å². The van der Waals surface area contributed by atoms with Crippen molar-refractivity contribution in [2.45, 2.75) is 115 Å². The largest absolute Gasteiger partial charge is 0.353 e. The zero-order valence-electron chi connectivity index (χ0n) is 21.4. The third kappa shape index (κ3) is 7.41. The van der Waals surface area contributed by atoms with Gasteiger partial charge in [0.1, 0.15) is 0 Å². The molecule has 2 amide bonds. The molecule has 9 heteroatoms. The molecule has 4 fully saturated rings. The fourth-order valence-corrected chi connectivity index (χ4v) is 8.16. The number of carbonyl (C=O) groups excluding carboxylic acids is 2. The van der Waals surface area contributed by atoms with Crippen molar-refractivity contribution in [1.29, 1.82) is 0 Å². The lowest BCUT2D eigenvalue weighted by molar-refractivity contribution is -0.127. The normalized spacial score (nSPS) is 29.1. The van der Waals surface area contributed by atoms with Crippen molar-refractivity contribution in [3.8, 4) is 0 Å². The molecule has 4 aliphatic rings. The summed E-state index contributed by atoms with van der Waals surface area (Å²) < 4.78 is 30.1. The fourth-order valence-electron chi connectivity index (χ4n) is 6.38. The van der Waals surface area contributed by atoms with Crippen LogP contribution in [-0.4, -0.2) is 67.1 Å². The van der Waals surface area contributed by atoms with Gasteiger partial charge in [-0.15, -0.1) is 0 Å². The number of amides is 2. The van der Waals surface area contributed by atoms with Gasteiger partial charge in [-0.3, -0.25) is 9.59 Å². The predicted molar refractivity (Wildman–Crippen MR) is 137 cm³/mol. The molecular formula is C26H46N4O4S. The molecule has 0 aromatic carbocycles. The Labute approximate surface area is 212 Å². The van der Waals surface area contributed by atoms with Crippen molar-refractivity contribution < 1.29 is 18.0 Å². The van der Waals surface area contributed by atoms with Gasteiger partial charge in [0, 0.05) is 38.3 Å². The second-order valence-electron chi connectivity index (χ2n) is 11.3. The first kappa shape index (κ1) is 26.9. The predicted octanol–water partition coefficient (Wildman–Crippen LogP) is 3.33. The Morgan fingerprint density at radius 2 is 0.914 bits per heavy atom. The Balaban J connectivity index is 1.31. The van der Waals surface area contributed by atoms with Gasteiger partial charge in [-0.1, -0.05) is 51.4 Å². The average molecular weight is 511 g/mol. The Morgan fingerprint density at radius 3 is 1.29 bits per heavy atom. The third-order valence-electron chi connectivity index (χ3n) is 8.57. The molecule has 2 atom stereocenters. The van der Waals surface area contributed by atoms with Crippen LogP contribution in [0.4, 0.5) is 0 Å². The summed E-state index contributed by atoms with van der Waals surface area (Å²) in [6.45, 7) is 1.39. The highest BCUT2D eigenvalue weighted by Gasteiger charge is 2.39. The van der Waals surface area contributed by atoms with Gasteiger partial charge in [0.15, 0.2) is 0 Å². The molecule has 2 aliphatic carbocycles. The van der Waals surface area contributed by atoms with Crippen molar-refractivity contribution in [2.24, 2.45) is 11.8 Å². The van der Waals surface area contributed by atoms with E-state index >= 15 is 0 Å². The second-order valence-corrected chi connectivity index (χ2v) is 13.2. The molecule has 0 bridgehead atoms. The van der Waals surface area contributed by atoms with E-state index in [1.54, 1.807) is 0 Å². The lowest BCUT2D eigenvalue weighted by atomic mass is 9.97. The molecule has 2 N–H and O–H groups in total. The van der Waals surface area contributed by atoms with Crippen LogP contribution < -0.4 is 10.6 Å². The minimum Gasteiger partial charge on any atom is -0.353 e. The number of rotatable bonds is 6. The van der Waals surface area contributed by atoms with Crippen LogP contribution >= 0.6 is 0 Å². The van der Waals surface area contributed by atoms with Crippen molar-refractivity contribution in [2.75, 3.05) is 26.2 Å². The molecule has 2 saturated heterocycles. The van der Waals surface area contributed by atoms with Crippen molar-refractivity contribution >= 4 is 22.0 Å². The number of hydrogen-bond acceptors (Lipinski definition) is 4. The van der Waals surface area contributed by atoms with Gasteiger partial charge < -0.3 is 10.6 Å². The highest BCUT2D eigenvalue weighted by atomic mass is 32.2. The maximum absolute atomic E-state index is 13.5. The molecule has 2 heterocycles. The molecule has 0 aromatic rings. The summed E-state index contributed by atoms with van der Waals surface area (Å²) in [5.41, 5.74) is 0. The summed E-state index contributed by atoms with van der Waals surface area (Å²) in [4.78, 5) is 26.0. The van der Waals surface area contributed by atoms with E-state index in [2.05, 4.69) is 10.6 Å². The molecule has 0 spiro atoms. The Hall–Kier alpha value is -1.19. The number of hydrogen-bond donors (Lipinski definition) is 2. The maximum atomic E-state index is 13.5. The molecule has 2 saturated carbocycles. The van der Waals surface area contributed by atoms with Crippen LogP contribution in [0, 0.1) is 11.8 Å². The van der Waals surface area contributed by atoms with Crippen LogP contribution in [0.5, 0.6) is 0 Å².